The first-order chi connectivity index (χ1) is 15.0. The number of benzene rings is 1. The first kappa shape index (κ1) is 19.1. The fourth-order valence-corrected chi connectivity index (χ4v) is 3.85. The highest BCUT2D eigenvalue weighted by Gasteiger charge is 2.22. The molecule has 0 atom stereocenters. The molecular formula is C22H18FN5O3. The monoisotopic (exact) mass is 419 g/mol. The highest BCUT2D eigenvalue weighted by molar-refractivity contribution is 5.93. The van der Waals surface area contributed by atoms with Gasteiger partial charge in [0.1, 0.15) is 5.56 Å². The van der Waals surface area contributed by atoms with Crippen molar-refractivity contribution in [2.75, 3.05) is 31.1 Å². The number of fused-ring (bicyclic) bond motifs is 2. The van der Waals surface area contributed by atoms with Crippen molar-refractivity contribution in [3.8, 4) is 5.69 Å². The maximum Gasteiger partial charge on any atom is 0.341 e. The summed E-state index contributed by atoms with van der Waals surface area (Å²) in [4.78, 5) is 35.2. The second kappa shape index (κ2) is 7.44. The summed E-state index contributed by atoms with van der Waals surface area (Å²) in [5.74, 6) is -1.91. The van der Waals surface area contributed by atoms with Gasteiger partial charge in [0.05, 0.1) is 22.8 Å². The van der Waals surface area contributed by atoms with Crippen molar-refractivity contribution in [3.05, 3.63) is 70.4 Å². The molecule has 156 valence electrons. The molecule has 1 aromatic carbocycles. The van der Waals surface area contributed by atoms with Gasteiger partial charge in [-0.1, -0.05) is 18.2 Å². The maximum atomic E-state index is 14.9. The van der Waals surface area contributed by atoms with E-state index in [0.29, 0.717) is 31.9 Å². The Morgan fingerprint density at radius 2 is 1.94 bits per heavy atom. The number of aromatic nitrogens is 3. The van der Waals surface area contributed by atoms with Crippen LogP contribution in [-0.4, -0.2) is 51.8 Å². The molecule has 0 spiro atoms. The summed E-state index contributed by atoms with van der Waals surface area (Å²) in [5.41, 5.74) is 0.247. The molecule has 0 amide bonds. The predicted molar refractivity (Wildman–Crippen MR) is 115 cm³/mol. The van der Waals surface area contributed by atoms with Crippen molar-refractivity contribution in [2.24, 2.45) is 0 Å². The molecule has 0 aliphatic carbocycles. The van der Waals surface area contributed by atoms with Gasteiger partial charge in [0, 0.05) is 37.8 Å². The number of halogens is 1. The van der Waals surface area contributed by atoms with Gasteiger partial charge in [-0.2, -0.15) is 0 Å². The number of rotatable bonds is 3. The maximum absolute atomic E-state index is 14.9. The Kier molecular flexibility index (Phi) is 4.59. The molecule has 1 aliphatic rings. The first-order valence-corrected chi connectivity index (χ1v) is 9.83. The van der Waals surface area contributed by atoms with Crippen LogP contribution in [0.3, 0.4) is 0 Å². The van der Waals surface area contributed by atoms with E-state index in [9.17, 15) is 19.1 Å². The second-order valence-corrected chi connectivity index (χ2v) is 7.34. The smallest absolute Gasteiger partial charge is 0.341 e. The topological polar surface area (TPSA) is 100 Å². The molecular weight excluding hydrogens is 401 g/mol. The lowest BCUT2D eigenvalue weighted by Gasteiger charge is -2.29. The van der Waals surface area contributed by atoms with Gasteiger partial charge in [-0.05, 0) is 18.2 Å². The van der Waals surface area contributed by atoms with Gasteiger partial charge in [0.25, 0.3) is 0 Å². The third-order valence-electron chi connectivity index (χ3n) is 5.41. The summed E-state index contributed by atoms with van der Waals surface area (Å²) in [6, 6.07) is 10.4. The molecule has 2 N–H and O–H groups in total. The minimum atomic E-state index is -1.39. The van der Waals surface area contributed by atoms with Crippen molar-refractivity contribution in [1.82, 2.24) is 19.9 Å². The number of para-hydroxylation sites is 1. The number of hydrogen-bond acceptors (Lipinski definition) is 6. The SMILES string of the molecule is O=C(O)c1cn(-c2cnc3ccccc3c2)c2nc(N3CCNCC3)c(F)cc2c1=O. The number of piperazine rings is 1. The number of carboxylic acids is 1. The highest BCUT2D eigenvalue weighted by atomic mass is 19.1. The third kappa shape index (κ3) is 3.28. The van der Waals surface area contributed by atoms with Crippen LogP contribution >= 0.6 is 0 Å². The van der Waals surface area contributed by atoms with Crippen molar-refractivity contribution in [3.63, 3.8) is 0 Å². The molecule has 0 saturated carbocycles. The first-order valence-electron chi connectivity index (χ1n) is 9.83. The summed E-state index contributed by atoms with van der Waals surface area (Å²) in [7, 11) is 0. The second-order valence-electron chi connectivity index (χ2n) is 7.34. The zero-order valence-electron chi connectivity index (χ0n) is 16.4. The van der Waals surface area contributed by atoms with Crippen LogP contribution in [0.25, 0.3) is 27.6 Å². The number of nitrogens with zero attached hydrogens (tertiary/aromatic N) is 4. The van der Waals surface area contributed by atoms with Crippen LogP contribution in [0.5, 0.6) is 0 Å². The predicted octanol–water partition coefficient (Wildman–Crippen LogP) is 2.18. The van der Waals surface area contributed by atoms with E-state index in [-0.39, 0.29) is 16.9 Å². The largest absolute Gasteiger partial charge is 0.477 e. The molecule has 0 radical (unpaired) electrons. The lowest BCUT2D eigenvalue weighted by molar-refractivity contribution is 0.0695. The average molecular weight is 419 g/mol. The summed E-state index contributed by atoms with van der Waals surface area (Å²) in [6.45, 7) is 2.53. The van der Waals surface area contributed by atoms with Gasteiger partial charge >= 0.3 is 5.97 Å². The molecule has 1 fully saturated rings. The van der Waals surface area contributed by atoms with E-state index in [2.05, 4.69) is 15.3 Å². The molecule has 8 nitrogen and oxygen atoms in total. The summed E-state index contributed by atoms with van der Waals surface area (Å²) >= 11 is 0. The van der Waals surface area contributed by atoms with Crippen LogP contribution in [0.1, 0.15) is 10.4 Å². The number of carbonyl (C=O) groups is 1. The van der Waals surface area contributed by atoms with E-state index in [0.717, 1.165) is 17.0 Å². The Bertz CT molecular complexity index is 1400. The molecule has 3 aromatic heterocycles. The molecule has 9 heteroatoms. The van der Waals surface area contributed by atoms with E-state index in [1.54, 1.807) is 6.20 Å². The zero-order valence-corrected chi connectivity index (χ0v) is 16.4. The molecule has 5 rings (SSSR count). The van der Waals surface area contributed by atoms with Gasteiger partial charge in [-0.25, -0.2) is 14.2 Å². The fraction of sp³-hybridized carbons (Fsp3) is 0.182. The van der Waals surface area contributed by atoms with Gasteiger partial charge in [-0.15, -0.1) is 0 Å². The van der Waals surface area contributed by atoms with Crippen molar-refractivity contribution < 1.29 is 14.3 Å². The van der Waals surface area contributed by atoms with Crippen LogP contribution in [0.4, 0.5) is 10.2 Å². The Morgan fingerprint density at radius 1 is 1.16 bits per heavy atom. The van der Waals surface area contributed by atoms with Gasteiger partial charge < -0.3 is 15.3 Å². The Hall–Kier alpha value is -3.85. The number of nitrogens with one attached hydrogen (secondary N) is 1. The molecule has 4 aromatic rings. The molecule has 4 heterocycles. The van der Waals surface area contributed by atoms with Gasteiger partial charge in [0.2, 0.25) is 5.43 Å². The van der Waals surface area contributed by atoms with E-state index < -0.39 is 22.8 Å². The lowest BCUT2D eigenvalue weighted by Crippen LogP contribution is -2.44. The lowest BCUT2D eigenvalue weighted by atomic mass is 10.1. The summed E-state index contributed by atoms with van der Waals surface area (Å²) < 4.78 is 16.4. The van der Waals surface area contributed by atoms with Crippen molar-refractivity contribution >= 4 is 33.7 Å². The van der Waals surface area contributed by atoms with Crippen LogP contribution in [0.2, 0.25) is 0 Å². The molecule has 0 bridgehead atoms. The summed E-state index contributed by atoms with van der Waals surface area (Å²) in [6.07, 6.45) is 2.80. The number of carboxylic acid groups (broad SMARTS) is 1. The van der Waals surface area contributed by atoms with E-state index >= 15 is 0 Å². The molecule has 1 aliphatic heterocycles. The minimum absolute atomic E-state index is 0.0931. The fourth-order valence-electron chi connectivity index (χ4n) is 3.85. The van der Waals surface area contributed by atoms with Gasteiger partial charge in [-0.3, -0.25) is 14.3 Å². The van der Waals surface area contributed by atoms with E-state index in [1.807, 2.05) is 35.2 Å². The number of aromatic carboxylic acids is 1. The van der Waals surface area contributed by atoms with Crippen LogP contribution < -0.4 is 15.6 Å². The normalized spacial score (nSPS) is 14.3. The van der Waals surface area contributed by atoms with Crippen LogP contribution in [-0.2, 0) is 0 Å². The standard InChI is InChI=1S/C22H18FN5O3/c23-17-10-15-19(29)16(22(30)31)12-28(14-9-13-3-1-2-4-18(13)25-11-14)20(15)26-21(17)27-7-5-24-6-8-27/h1-4,9-12,24H,5-8H2,(H,30,31). The third-order valence-corrected chi connectivity index (χ3v) is 5.41. The Balaban J connectivity index is 1.80. The molecule has 0 unspecified atom stereocenters. The number of hydrogen-bond donors (Lipinski definition) is 2. The minimum Gasteiger partial charge on any atom is -0.477 e. The Labute approximate surface area is 175 Å². The number of pyridine rings is 3. The number of anilines is 1. The van der Waals surface area contributed by atoms with Crippen molar-refractivity contribution in [2.45, 2.75) is 0 Å². The van der Waals surface area contributed by atoms with Gasteiger partial charge in [0.15, 0.2) is 17.3 Å². The Morgan fingerprint density at radius 3 is 2.71 bits per heavy atom. The highest BCUT2D eigenvalue weighted by Crippen LogP contribution is 2.25. The molecule has 31 heavy (non-hydrogen) atoms. The van der Waals surface area contributed by atoms with Crippen LogP contribution in [0.15, 0.2) is 53.6 Å². The van der Waals surface area contributed by atoms with Crippen molar-refractivity contribution in [1.29, 1.82) is 0 Å². The quantitative estimate of drug-likeness (QED) is 0.525. The average Bonchev–Trinajstić information content (AvgIpc) is 2.79. The van der Waals surface area contributed by atoms with E-state index in [4.69, 9.17) is 0 Å². The molecule has 1 saturated heterocycles. The summed E-state index contributed by atoms with van der Waals surface area (Å²) in [5, 5.41) is 13.5. The zero-order chi connectivity index (χ0) is 21.5. The van der Waals surface area contributed by atoms with Crippen LogP contribution in [0, 0.1) is 5.82 Å². The van der Waals surface area contributed by atoms with E-state index in [1.165, 1.54) is 10.8 Å².